The van der Waals surface area contributed by atoms with Gasteiger partial charge in [0.2, 0.25) is 5.91 Å². The molecule has 0 radical (unpaired) electrons. The molecule has 0 aliphatic heterocycles. The van der Waals surface area contributed by atoms with Gasteiger partial charge in [0, 0.05) is 16.3 Å². The summed E-state index contributed by atoms with van der Waals surface area (Å²) in [6, 6.07) is 7.22. The fourth-order valence-corrected chi connectivity index (χ4v) is 3.99. The summed E-state index contributed by atoms with van der Waals surface area (Å²) in [5, 5.41) is 1.58. The molecule has 2 N–H and O–H groups in total. The van der Waals surface area contributed by atoms with Gasteiger partial charge in [0.15, 0.2) is 0 Å². The number of thiazole rings is 1. The third kappa shape index (κ3) is 6.34. The highest BCUT2D eigenvalue weighted by Gasteiger charge is 2.16. The van der Waals surface area contributed by atoms with Crippen LogP contribution in [0.3, 0.4) is 0 Å². The van der Waals surface area contributed by atoms with Crippen molar-refractivity contribution in [1.82, 2.24) is 15.8 Å². The van der Waals surface area contributed by atoms with Gasteiger partial charge >= 0.3 is 0 Å². The molecule has 0 spiro atoms. The summed E-state index contributed by atoms with van der Waals surface area (Å²) in [5.74, 6) is 0.0566. The van der Waals surface area contributed by atoms with Gasteiger partial charge in [-0.15, -0.1) is 23.1 Å². The normalized spacial score (nSPS) is 10.8. The molecule has 0 aliphatic carbocycles. The van der Waals surface area contributed by atoms with Crippen LogP contribution < -0.4 is 10.9 Å². The molecule has 1 heterocycles. The monoisotopic (exact) mass is 397 g/mol. The fourth-order valence-electron chi connectivity index (χ4n) is 2.00. The minimum Gasteiger partial charge on any atom is -0.272 e. The van der Waals surface area contributed by atoms with Crippen molar-refractivity contribution >= 4 is 46.5 Å². The van der Waals surface area contributed by atoms with Crippen molar-refractivity contribution in [2.75, 3.05) is 5.75 Å². The molecule has 134 valence electrons. The van der Waals surface area contributed by atoms with Crippen LogP contribution in [0.15, 0.2) is 29.2 Å². The van der Waals surface area contributed by atoms with Gasteiger partial charge in [-0.3, -0.25) is 20.4 Å². The molecule has 5 nitrogen and oxygen atoms in total. The van der Waals surface area contributed by atoms with Crippen LogP contribution in [0.1, 0.15) is 34.2 Å². The van der Waals surface area contributed by atoms with Gasteiger partial charge in [0.25, 0.3) is 5.91 Å². The molecule has 0 atom stereocenters. The lowest BCUT2D eigenvalue weighted by Crippen LogP contribution is -2.42. The van der Waals surface area contributed by atoms with Gasteiger partial charge in [-0.2, -0.15) is 0 Å². The predicted octanol–water partition coefficient (Wildman–Crippen LogP) is 3.86. The number of nitrogens with zero attached hydrogens (tertiary/aromatic N) is 1. The number of aromatic nitrogens is 1. The minimum atomic E-state index is -0.338. The maximum Gasteiger partial charge on any atom is 0.281 e. The van der Waals surface area contributed by atoms with E-state index in [9.17, 15) is 9.59 Å². The largest absolute Gasteiger partial charge is 0.281 e. The number of hydrogen-bond donors (Lipinski definition) is 2. The van der Waals surface area contributed by atoms with Crippen molar-refractivity contribution in [1.29, 1.82) is 0 Å². The van der Waals surface area contributed by atoms with Crippen molar-refractivity contribution in [2.24, 2.45) is 5.92 Å². The number of nitrogens with one attached hydrogen (secondary N) is 2. The molecule has 2 rings (SSSR count). The molecule has 1 aromatic carbocycles. The number of benzene rings is 1. The van der Waals surface area contributed by atoms with Crippen LogP contribution >= 0.6 is 34.7 Å². The van der Waals surface area contributed by atoms with Crippen LogP contribution in [-0.2, 0) is 11.2 Å². The average molecular weight is 398 g/mol. The first-order chi connectivity index (χ1) is 11.8. The Bertz CT molecular complexity index is 745. The predicted molar refractivity (Wildman–Crippen MR) is 103 cm³/mol. The van der Waals surface area contributed by atoms with Crippen LogP contribution in [0.2, 0.25) is 5.02 Å². The minimum absolute atomic E-state index is 0.197. The van der Waals surface area contributed by atoms with Gasteiger partial charge < -0.3 is 0 Å². The standard InChI is InChI=1S/C17H20ClN3O2S2/c1-10(2)8-15-19-11(3)16(25-15)17(23)21-20-14(22)9-24-13-6-4-12(18)5-7-13/h4-7,10H,8-9H2,1-3H3,(H,20,22)(H,21,23). The number of rotatable bonds is 6. The maximum absolute atomic E-state index is 12.2. The van der Waals surface area contributed by atoms with Gasteiger partial charge in [-0.05, 0) is 37.1 Å². The fraction of sp³-hybridized carbons (Fsp3) is 0.353. The van der Waals surface area contributed by atoms with Gasteiger partial charge in [0.1, 0.15) is 4.88 Å². The number of halogens is 1. The third-order valence-corrected chi connectivity index (χ3v) is 5.57. The van der Waals surface area contributed by atoms with E-state index in [1.807, 2.05) is 12.1 Å². The molecule has 0 bridgehead atoms. The Labute approximate surface area is 160 Å². The smallest absolute Gasteiger partial charge is 0.272 e. The molecule has 0 unspecified atom stereocenters. The third-order valence-electron chi connectivity index (χ3n) is 3.13. The lowest BCUT2D eigenvalue weighted by atomic mass is 10.1. The van der Waals surface area contributed by atoms with E-state index in [4.69, 9.17) is 11.6 Å². The molecule has 2 aromatic rings. The van der Waals surface area contributed by atoms with Gasteiger partial charge in [-0.25, -0.2) is 4.98 Å². The Morgan fingerprint density at radius 1 is 1.24 bits per heavy atom. The van der Waals surface area contributed by atoms with E-state index >= 15 is 0 Å². The number of aryl methyl sites for hydroxylation is 1. The van der Waals surface area contributed by atoms with Crippen LogP contribution in [0.4, 0.5) is 0 Å². The van der Waals surface area contributed by atoms with Crippen molar-refractivity contribution in [2.45, 2.75) is 32.1 Å². The van der Waals surface area contributed by atoms with E-state index in [-0.39, 0.29) is 17.6 Å². The topological polar surface area (TPSA) is 71.1 Å². The van der Waals surface area contributed by atoms with Crippen molar-refractivity contribution in [3.63, 3.8) is 0 Å². The maximum atomic E-state index is 12.2. The molecule has 1 aromatic heterocycles. The number of carbonyl (C=O) groups is 2. The molecule has 0 saturated heterocycles. The zero-order chi connectivity index (χ0) is 18.4. The van der Waals surface area contributed by atoms with E-state index in [1.54, 1.807) is 19.1 Å². The van der Waals surface area contributed by atoms with Crippen molar-refractivity contribution < 1.29 is 9.59 Å². The number of carbonyl (C=O) groups excluding carboxylic acids is 2. The Balaban J connectivity index is 1.81. The molecule has 2 amide bonds. The summed E-state index contributed by atoms with van der Waals surface area (Å²) in [4.78, 5) is 29.9. The molecular formula is C17H20ClN3O2S2. The van der Waals surface area contributed by atoms with Crippen molar-refractivity contribution in [3.8, 4) is 0 Å². The van der Waals surface area contributed by atoms with E-state index in [0.717, 1.165) is 16.3 Å². The quantitative estimate of drug-likeness (QED) is 0.573. The molecule has 8 heteroatoms. The van der Waals surface area contributed by atoms with E-state index < -0.39 is 0 Å². The second kappa shape index (κ2) is 9.22. The summed E-state index contributed by atoms with van der Waals surface area (Å²) < 4.78 is 0. The molecule has 25 heavy (non-hydrogen) atoms. The molecular weight excluding hydrogens is 378 g/mol. The highest BCUT2D eigenvalue weighted by Crippen LogP contribution is 2.21. The Morgan fingerprint density at radius 3 is 2.56 bits per heavy atom. The van der Waals surface area contributed by atoms with E-state index in [1.165, 1.54) is 23.1 Å². The number of amides is 2. The van der Waals surface area contributed by atoms with Crippen LogP contribution in [0.5, 0.6) is 0 Å². The zero-order valence-electron chi connectivity index (χ0n) is 14.3. The highest BCUT2D eigenvalue weighted by atomic mass is 35.5. The summed E-state index contributed by atoms with van der Waals surface area (Å²) in [6.45, 7) is 6.01. The summed E-state index contributed by atoms with van der Waals surface area (Å²) in [5.41, 5.74) is 5.57. The Hall–Kier alpha value is -1.57. The van der Waals surface area contributed by atoms with Crippen LogP contribution in [0.25, 0.3) is 0 Å². The molecule has 0 fully saturated rings. The lowest BCUT2D eigenvalue weighted by Gasteiger charge is -2.06. The second-order valence-electron chi connectivity index (χ2n) is 5.87. The second-order valence-corrected chi connectivity index (χ2v) is 8.43. The number of thioether (sulfide) groups is 1. The van der Waals surface area contributed by atoms with E-state index in [2.05, 4.69) is 29.7 Å². The Morgan fingerprint density at radius 2 is 1.92 bits per heavy atom. The first-order valence-corrected chi connectivity index (χ1v) is 9.97. The zero-order valence-corrected chi connectivity index (χ0v) is 16.6. The van der Waals surface area contributed by atoms with Gasteiger partial charge in [-0.1, -0.05) is 25.4 Å². The van der Waals surface area contributed by atoms with Crippen molar-refractivity contribution in [3.05, 3.63) is 44.9 Å². The summed E-state index contributed by atoms with van der Waals surface area (Å²) in [6.07, 6.45) is 0.836. The number of hydrazine groups is 1. The molecule has 0 saturated carbocycles. The van der Waals surface area contributed by atoms with E-state index in [0.29, 0.717) is 21.5 Å². The molecule has 0 aliphatic rings. The SMILES string of the molecule is Cc1nc(CC(C)C)sc1C(=O)NNC(=O)CSc1ccc(Cl)cc1. The number of hydrogen-bond acceptors (Lipinski definition) is 5. The average Bonchev–Trinajstić information content (AvgIpc) is 2.91. The Kier molecular flexibility index (Phi) is 7.28. The first-order valence-electron chi connectivity index (χ1n) is 7.79. The lowest BCUT2D eigenvalue weighted by molar-refractivity contribution is -0.119. The van der Waals surface area contributed by atoms with Crippen LogP contribution in [0, 0.1) is 12.8 Å². The first kappa shape index (κ1) is 19.8. The van der Waals surface area contributed by atoms with Crippen LogP contribution in [-0.4, -0.2) is 22.6 Å². The summed E-state index contributed by atoms with van der Waals surface area (Å²) >= 11 is 8.55. The summed E-state index contributed by atoms with van der Waals surface area (Å²) in [7, 11) is 0. The van der Waals surface area contributed by atoms with Gasteiger partial charge in [0.05, 0.1) is 16.5 Å². The highest BCUT2D eigenvalue weighted by molar-refractivity contribution is 8.00.